The van der Waals surface area contributed by atoms with Gasteiger partial charge in [0.25, 0.3) is 0 Å². The molecule has 0 bridgehead atoms. The monoisotopic (exact) mass is 218 g/mol. The Hall–Kier alpha value is -1.57. The normalized spacial score (nSPS) is 14.9. The molecule has 1 aromatic rings. The zero-order chi connectivity index (χ0) is 12.0. The Morgan fingerprint density at radius 1 is 1.38 bits per heavy atom. The molecular weight excluding hydrogens is 200 g/mol. The van der Waals surface area contributed by atoms with Crippen LogP contribution in [-0.2, 0) is 4.79 Å². The van der Waals surface area contributed by atoms with Crippen molar-refractivity contribution in [1.29, 1.82) is 0 Å². The fourth-order valence-corrected chi connectivity index (χ4v) is 1.40. The highest BCUT2D eigenvalue weighted by atomic mass is 16.4. The van der Waals surface area contributed by atoms with Gasteiger partial charge in [0.15, 0.2) is 0 Å². The first-order chi connectivity index (χ1) is 7.58. The summed E-state index contributed by atoms with van der Waals surface area (Å²) in [5.41, 5.74) is 0.456. The SMILES string of the molecule is CCC(C)(C/C=C/c1ccccc1)C(=O)O. The summed E-state index contributed by atoms with van der Waals surface area (Å²) in [6, 6.07) is 9.90. The maximum absolute atomic E-state index is 11.1. The van der Waals surface area contributed by atoms with Crippen molar-refractivity contribution in [3.63, 3.8) is 0 Å². The molecule has 0 saturated heterocycles. The summed E-state index contributed by atoms with van der Waals surface area (Å²) in [5.74, 6) is -0.729. The summed E-state index contributed by atoms with van der Waals surface area (Å²) in [6.45, 7) is 3.69. The van der Waals surface area contributed by atoms with Crippen LogP contribution in [0.5, 0.6) is 0 Å². The topological polar surface area (TPSA) is 37.3 Å². The van der Waals surface area contributed by atoms with Gasteiger partial charge in [-0.15, -0.1) is 0 Å². The summed E-state index contributed by atoms with van der Waals surface area (Å²) < 4.78 is 0. The van der Waals surface area contributed by atoms with Crippen LogP contribution in [0.2, 0.25) is 0 Å². The second-order valence-corrected chi connectivity index (χ2v) is 4.24. The largest absolute Gasteiger partial charge is 0.481 e. The van der Waals surface area contributed by atoms with E-state index in [1.165, 1.54) is 0 Å². The Kier molecular flexibility index (Phi) is 4.29. The number of carboxylic acid groups (broad SMARTS) is 1. The summed E-state index contributed by atoms with van der Waals surface area (Å²) in [5, 5.41) is 9.10. The molecule has 0 aromatic heterocycles. The molecule has 0 aliphatic heterocycles. The third-order valence-corrected chi connectivity index (χ3v) is 2.97. The van der Waals surface area contributed by atoms with Crippen molar-refractivity contribution in [2.75, 3.05) is 0 Å². The van der Waals surface area contributed by atoms with Gasteiger partial charge in [-0.3, -0.25) is 4.79 Å². The lowest BCUT2D eigenvalue weighted by atomic mass is 9.84. The van der Waals surface area contributed by atoms with Gasteiger partial charge < -0.3 is 5.11 Å². The summed E-state index contributed by atoms with van der Waals surface area (Å²) in [7, 11) is 0. The predicted octanol–water partition coefficient (Wildman–Crippen LogP) is 3.59. The molecule has 1 rings (SSSR count). The third-order valence-electron chi connectivity index (χ3n) is 2.97. The number of hydrogen-bond acceptors (Lipinski definition) is 1. The first-order valence-corrected chi connectivity index (χ1v) is 5.53. The van der Waals surface area contributed by atoms with Crippen molar-refractivity contribution in [2.45, 2.75) is 26.7 Å². The molecule has 1 aromatic carbocycles. The van der Waals surface area contributed by atoms with Crippen LogP contribution in [0.25, 0.3) is 6.08 Å². The van der Waals surface area contributed by atoms with Crippen molar-refractivity contribution in [3.05, 3.63) is 42.0 Å². The zero-order valence-corrected chi connectivity index (χ0v) is 9.81. The van der Waals surface area contributed by atoms with E-state index < -0.39 is 11.4 Å². The van der Waals surface area contributed by atoms with Crippen LogP contribution in [0, 0.1) is 5.41 Å². The maximum Gasteiger partial charge on any atom is 0.309 e. The fourth-order valence-electron chi connectivity index (χ4n) is 1.40. The lowest BCUT2D eigenvalue weighted by molar-refractivity contribution is -0.147. The number of rotatable bonds is 5. The standard InChI is InChI=1S/C14H18O2/c1-3-14(2,13(15)16)11-7-10-12-8-5-4-6-9-12/h4-10H,3,11H2,1-2H3,(H,15,16)/b10-7+. The molecule has 1 atom stereocenters. The van der Waals surface area contributed by atoms with Gasteiger partial charge in [-0.05, 0) is 25.3 Å². The molecule has 1 unspecified atom stereocenters. The summed E-state index contributed by atoms with van der Waals surface area (Å²) >= 11 is 0. The smallest absolute Gasteiger partial charge is 0.309 e. The van der Waals surface area contributed by atoms with Crippen LogP contribution in [0.1, 0.15) is 32.3 Å². The van der Waals surface area contributed by atoms with Crippen molar-refractivity contribution in [2.24, 2.45) is 5.41 Å². The Balaban J connectivity index is 2.63. The molecule has 0 heterocycles. The molecule has 0 saturated carbocycles. The molecule has 1 N–H and O–H groups in total. The predicted molar refractivity (Wildman–Crippen MR) is 66.1 cm³/mol. The molecular formula is C14H18O2. The number of carbonyl (C=O) groups is 1. The zero-order valence-electron chi connectivity index (χ0n) is 9.81. The van der Waals surface area contributed by atoms with Crippen LogP contribution in [0.4, 0.5) is 0 Å². The van der Waals surface area contributed by atoms with E-state index in [2.05, 4.69) is 0 Å². The van der Waals surface area contributed by atoms with E-state index in [0.29, 0.717) is 12.8 Å². The molecule has 86 valence electrons. The molecule has 0 amide bonds. The van der Waals surface area contributed by atoms with Gasteiger partial charge in [-0.25, -0.2) is 0 Å². The minimum absolute atomic E-state index is 0.563. The number of carboxylic acids is 1. The second-order valence-electron chi connectivity index (χ2n) is 4.24. The minimum Gasteiger partial charge on any atom is -0.481 e. The van der Waals surface area contributed by atoms with Gasteiger partial charge in [0.1, 0.15) is 0 Å². The van der Waals surface area contributed by atoms with Gasteiger partial charge in [-0.2, -0.15) is 0 Å². The lowest BCUT2D eigenvalue weighted by Crippen LogP contribution is -2.25. The van der Waals surface area contributed by atoms with E-state index in [-0.39, 0.29) is 0 Å². The van der Waals surface area contributed by atoms with E-state index in [0.717, 1.165) is 5.56 Å². The Morgan fingerprint density at radius 2 is 2.00 bits per heavy atom. The van der Waals surface area contributed by atoms with Gasteiger partial charge in [0.2, 0.25) is 0 Å². The van der Waals surface area contributed by atoms with Crippen LogP contribution in [-0.4, -0.2) is 11.1 Å². The van der Waals surface area contributed by atoms with Gasteiger partial charge in [-0.1, -0.05) is 49.4 Å². The van der Waals surface area contributed by atoms with Crippen LogP contribution in [0.15, 0.2) is 36.4 Å². The number of allylic oxidation sites excluding steroid dienone is 1. The first-order valence-electron chi connectivity index (χ1n) is 5.53. The fraction of sp³-hybridized carbons (Fsp3) is 0.357. The van der Waals surface area contributed by atoms with E-state index >= 15 is 0 Å². The summed E-state index contributed by atoms with van der Waals surface area (Å²) in [4.78, 5) is 11.1. The van der Waals surface area contributed by atoms with E-state index in [1.54, 1.807) is 6.92 Å². The number of hydrogen-bond donors (Lipinski definition) is 1. The van der Waals surface area contributed by atoms with E-state index in [1.807, 2.05) is 49.4 Å². The average molecular weight is 218 g/mol. The van der Waals surface area contributed by atoms with Gasteiger partial charge in [0, 0.05) is 0 Å². The van der Waals surface area contributed by atoms with Gasteiger partial charge in [0.05, 0.1) is 5.41 Å². The van der Waals surface area contributed by atoms with Crippen molar-refractivity contribution < 1.29 is 9.90 Å². The highest BCUT2D eigenvalue weighted by molar-refractivity contribution is 5.74. The second kappa shape index (κ2) is 5.50. The lowest BCUT2D eigenvalue weighted by Gasteiger charge is -2.20. The molecule has 0 fully saturated rings. The molecule has 0 aliphatic carbocycles. The maximum atomic E-state index is 11.1. The molecule has 0 spiro atoms. The molecule has 2 heteroatoms. The van der Waals surface area contributed by atoms with Crippen LogP contribution in [0.3, 0.4) is 0 Å². The Labute approximate surface area is 96.6 Å². The molecule has 2 nitrogen and oxygen atoms in total. The molecule has 16 heavy (non-hydrogen) atoms. The quantitative estimate of drug-likeness (QED) is 0.820. The van der Waals surface area contributed by atoms with E-state index in [4.69, 9.17) is 5.11 Å². The number of aliphatic carboxylic acids is 1. The van der Waals surface area contributed by atoms with E-state index in [9.17, 15) is 4.79 Å². The Morgan fingerprint density at radius 3 is 2.50 bits per heavy atom. The Bertz CT molecular complexity index is 368. The minimum atomic E-state index is -0.729. The number of benzene rings is 1. The van der Waals surface area contributed by atoms with Crippen LogP contribution < -0.4 is 0 Å². The van der Waals surface area contributed by atoms with Crippen LogP contribution >= 0.6 is 0 Å². The average Bonchev–Trinajstić information content (AvgIpc) is 2.30. The summed E-state index contributed by atoms with van der Waals surface area (Å²) in [6.07, 6.45) is 5.11. The van der Waals surface area contributed by atoms with Crippen molar-refractivity contribution in [3.8, 4) is 0 Å². The molecule has 0 radical (unpaired) electrons. The van der Waals surface area contributed by atoms with Crippen molar-refractivity contribution >= 4 is 12.0 Å². The van der Waals surface area contributed by atoms with Gasteiger partial charge >= 0.3 is 5.97 Å². The highest BCUT2D eigenvalue weighted by Gasteiger charge is 2.29. The third kappa shape index (κ3) is 3.23. The first kappa shape index (κ1) is 12.5. The highest BCUT2D eigenvalue weighted by Crippen LogP contribution is 2.26. The molecule has 0 aliphatic rings. The van der Waals surface area contributed by atoms with Crippen molar-refractivity contribution in [1.82, 2.24) is 0 Å².